The molecule has 1 heterocycles. The Morgan fingerprint density at radius 2 is 0.907 bits per heavy atom. The van der Waals surface area contributed by atoms with Gasteiger partial charge in [0.05, 0.1) is 11.4 Å². The highest BCUT2D eigenvalue weighted by atomic mass is 19.4. The van der Waals surface area contributed by atoms with Crippen molar-refractivity contribution in [2.75, 3.05) is 10.6 Å². The molecule has 226 valence electrons. The zero-order chi connectivity index (χ0) is 31.9. The Bertz CT molecular complexity index is 1460. The number of anilines is 2. The predicted molar refractivity (Wildman–Crippen MR) is 140 cm³/mol. The lowest BCUT2D eigenvalue weighted by Crippen LogP contribution is -2.29. The fourth-order valence-electron chi connectivity index (χ4n) is 3.08. The van der Waals surface area contributed by atoms with E-state index in [2.05, 4.69) is 21.1 Å². The minimum atomic E-state index is -5.04. The summed E-state index contributed by atoms with van der Waals surface area (Å²) in [5.41, 5.74) is 5.55. The molecule has 0 spiro atoms. The summed E-state index contributed by atoms with van der Waals surface area (Å²) in [6.07, 6.45) is -10.1. The van der Waals surface area contributed by atoms with Crippen LogP contribution in [0, 0.1) is 0 Å². The normalized spacial score (nSPS) is 12.4. The molecule has 0 bridgehead atoms. The third kappa shape index (κ3) is 9.00. The monoisotopic (exact) mass is 610 g/mol. The fraction of sp³-hybridized carbons (Fsp3) is 0.154. The lowest BCUT2D eigenvalue weighted by molar-refractivity contribution is -0.167. The quantitative estimate of drug-likeness (QED) is 0.167. The second-order valence-electron chi connectivity index (χ2n) is 8.50. The number of hydrogen-bond donors (Lipinski definition) is 4. The van der Waals surface area contributed by atoms with E-state index >= 15 is 0 Å². The van der Waals surface area contributed by atoms with Gasteiger partial charge in [-0.15, -0.1) is 0 Å². The molecule has 3 aromatic rings. The van der Waals surface area contributed by atoms with Crippen molar-refractivity contribution in [3.8, 4) is 0 Å². The van der Waals surface area contributed by atoms with Gasteiger partial charge in [-0.25, -0.2) is 10.9 Å². The highest BCUT2D eigenvalue weighted by Crippen LogP contribution is 2.20. The molecule has 0 aliphatic rings. The molecule has 0 aliphatic carbocycles. The van der Waals surface area contributed by atoms with E-state index in [0.29, 0.717) is 11.1 Å². The molecule has 0 atom stereocenters. The fourth-order valence-corrected chi connectivity index (χ4v) is 3.08. The van der Waals surface area contributed by atoms with Crippen LogP contribution >= 0.6 is 0 Å². The van der Waals surface area contributed by atoms with E-state index in [4.69, 9.17) is 4.42 Å². The van der Waals surface area contributed by atoms with Gasteiger partial charge >= 0.3 is 36.0 Å². The van der Waals surface area contributed by atoms with E-state index in [1.54, 1.807) is 10.6 Å². The van der Waals surface area contributed by atoms with Gasteiger partial charge in [0.2, 0.25) is 0 Å². The molecular weight excluding hydrogens is 590 g/mol. The zero-order valence-electron chi connectivity index (χ0n) is 22.0. The second-order valence-corrected chi connectivity index (χ2v) is 8.50. The maximum atomic E-state index is 12.4. The maximum Gasteiger partial charge on any atom is 0.471 e. The summed E-state index contributed by atoms with van der Waals surface area (Å²) < 4.78 is 79.4. The number of benzene rings is 2. The van der Waals surface area contributed by atoms with Gasteiger partial charge in [0, 0.05) is 11.4 Å². The minimum Gasteiger partial charge on any atom is -0.446 e. The van der Waals surface area contributed by atoms with Crippen LogP contribution in [0.5, 0.6) is 0 Å². The van der Waals surface area contributed by atoms with Crippen molar-refractivity contribution in [2.24, 2.45) is 10.2 Å². The number of carbonyl (C=O) groups excluding carboxylic acids is 4. The van der Waals surface area contributed by atoms with Crippen LogP contribution < -0.4 is 21.5 Å². The van der Waals surface area contributed by atoms with Gasteiger partial charge in [0.15, 0.2) is 11.5 Å². The lowest BCUT2D eigenvalue weighted by Gasteiger charge is -2.08. The number of halogens is 6. The van der Waals surface area contributed by atoms with E-state index in [1.165, 1.54) is 74.5 Å². The Labute approximate surface area is 238 Å². The van der Waals surface area contributed by atoms with Crippen LogP contribution in [0.3, 0.4) is 0 Å². The molecule has 0 unspecified atom stereocenters. The molecule has 3 rings (SSSR count). The van der Waals surface area contributed by atoms with Crippen LogP contribution in [-0.4, -0.2) is 47.4 Å². The summed E-state index contributed by atoms with van der Waals surface area (Å²) in [6, 6.07) is 12.7. The molecule has 4 N–H and O–H groups in total. The molecular formula is C26H20F6N6O5. The van der Waals surface area contributed by atoms with Gasteiger partial charge < -0.3 is 15.1 Å². The van der Waals surface area contributed by atoms with E-state index in [0.717, 1.165) is 0 Å². The first-order valence-electron chi connectivity index (χ1n) is 11.8. The SMILES string of the molecule is C/C(=N\NC(=O)c1ccc(C(=O)N/N=C(\C)c2ccc(NC(=O)C(F)(F)F)cc2)o1)c1ccc(NC(=O)C(F)(F)F)cc1. The van der Waals surface area contributed by atoms with Crippen molar-refractivity contribution in [1.82, 2.24) is 10.9 Å². The summed E-state index contributed by atoms with van der Waals surface area (Å²) in [6.45, 7) is 2.99. The molecule has 0 fully saturated rings. The van der Waals surface area contributed by atoms with Gasteiger partial charge in [0.1, 0.15) is 0 Å². The summed E-state index contributed by atoms with van der Waals surface area (Å²) in [5.74, 6) is -6.48. The van der Waals surface area contributed by atoms with Crippen molar-refractivity contribution in [3.05, 3.63) is 83.3 Å². The average molecular weight is 610 g/mol. The number of hydrogen-bond acceptors (Lipinski definition) is 7. The van der Waals surface area contributed by atoms with Crippen LogP contribution in [0.4, 0.5) is 37.7 Å². The molecule has 2 aromatic carbocycles. The van der Waals surface area contributed by atoms with Crippen molar-refractivity contribution in [1.29, 1.82) is 0 Å². The van der Waals surface area contributed by atoms with Crippen LogP contribution in [0.1, 0.15) is 46.1 Å². The second kappa shape index (κ2) is 13.0. The molecule has 4 amide bonds. The largest absolute Gasteiger partial charge is 0.471 e. The summed E-state index contributed by atoms with van der Waals surface area (Å²) >= 11 is 0. The molecule has 0 saturated heterocycles. The number of nitrogens with zero attached hydrogens (tertiary/aromatic N) is 2. The number of rotatable bonds is 8. The van der Waals surface area contributed by atoms with Gasteiger partial charge in [-0.2, -0.15) is 36.5 Å². The van der Waals surface area contributed by atoms with E-state index in [9.17, 15) is 45.5 Å². The highest BCUT2D eigenvalue weighted by molar-refractivity contribution is 6.03. The van der Waals surface area contributed by atoms with Crippen molar-refractivity contribution >= 4 is 46.4 Å². The molecule has 0 aliphatic heterocycles. The topological polar surface area (TPSA) is 154 Å². The Morgan fingerprint density at radius 1 is 0.581 bits per heavy atom. The molecule has 11 nitrogen and oxygen atoms in total. The van der Waals surface area contributed by atoms with Crippen molar-refractivity contribution in [3.63, 3.8) is 0 Å². The van der Waals surface area contributed by atoms with E-state index in [-0.39, 0.29) is 34.3 Å². The standard InChI is InChI=1S/C26H20F6N6O5/c1-13(15-3-7-17(8-4-15)33-23(41)25(27,28)29)35-37-21(39)19-11-12-20(43-19)22(40)38-36-14(2)16-5-9-18(10-6-16)34-24(42)26(30,31)32/h3-12H,1-2H3,(H,33,41)(H,34,42)(H,37,39)(H,38,40)/b35-13+,36-14+. The van der Waals surface area contributed by atoms with Crippen molar-refractivity contribution < 1.29 is 49.9 Å². The predicted octanol–water partition coefficient (Wildman–Crippen LogP) is 4.59. The first-order valence-corrected chi connectivity index (χ1v) is 11.8. The van der Waals surface area contributed by atoms with Crippen LogP contribution in [0.2, 0.25) is 0 Å². The third-order valence-corrected chi connectivity index (χ3v) is 5.34. The lowest BCUT2D eigenvalue weighted by atomic mass is 10.1. The van der Waals surface area contributed by atoms with Crippen LogP contribution in [0.15, 0.2) is 75.3 Å². The average Bonchev–Trinajstić information content (AvgIpc) is 3.45. The number of amides is 4. The highest BCUT2D eigenvalue weighted by Gasteiger charge is 2.39. The molecule has 0 radical (unpaired) electrons. The first kappa shape index (κ1) is 32.0. The smallest absolute Gasteiger partial charge is 0.446 e. The maximum absolute atomic E-state index is 12.4. The molecule has 0 saturated carbocycles. The van der Waals surface area contributed by atoms with Gasteiger partial charge in [-0.3, -0.25) is 19.2 Å². The molecule has 1 aromatic heterocycles. The number of nitrogens with one attached hydrogen (secondary N) is 4. The Kier molecular flexibility index (Phi) is 9.69. The van der Waals surface area contributed by atoms with E-state index in [1.807, 2.05) is 0 Å². The minimum absolute atomic E-state index is 0.100. The van der Waals surface area contributed by atoms with Gasteiger partial charge in [-0.05, 0) is 61.4 Å². The summed E-state index contributed by atoms with van der Waals surface area (Å²) in [4.78, 5) is 46.8. The summed E-state index contributed by atoms with van der Waals surface area (Å²) in [5, 5.41) is 11.1. The number of alkyl halides is 6. The van der Waals surface area contributed by atoms with E-state index < -0.39 is 36.0 Å². The van der Waals surface area contributed by atoms with Crippen molar-refractivity contribution in [2.45, 2.75) is 26.2 Å². The van der Waals surface area contributed by atoms with Crippen LogP contribution in [0.25, 0.3) is 0 Å². The third-order valence-electron chi connectivity index (χ3n) is 5.34. The molecule has 43 heavy (non-hydrogen) atoms. The number of carbonyl (C=O) groups is 4. The first-order chi connectivity index (χ1) is 20.0. The Balaban J connectivity index is 1.55. The molecule has 17 heteroatoms. The zero-order valence-corrected chi connectivity index (χ0v) is 22.0. The van der Waals surface area contributed by atoms with Gasteiger partial charge in [0.25, 0.3) is 0 Å². The van der Waals surface area contributed by atoms with Crippen LogP contribution in [-0.2, 0) is 9.59 Å². The Morgan fingerprint density at radius 3 is 1.21 bits per heavy atom. The number of furan rings is 1. The van der Waals surface area contributed by atoms with Gasteiger partial charge in [-0.1, -0.05) is 24.3 Å². The Hall–Kier alpha value is -5.48. The number of hydrazone groups is 2. The summed E-state index contributed by atoms with van der Waals surface area (Å²) in [7, 11) is 0.